The predicted octanol–water partition coefficient (Wildman–Crippen LogP) is 1.99. The highest BCUT2D eigenvalue weighted by molar-refractivity contribution is 6.29. The summed E-state index contributed by atoms with van der Waals surface area (Å²) in [5, 5.41) is 7.02. The molecule has 0 fully saturated rings. The third kappa shape index (κ3) is 4.39. The number of carbonyl (C=O) groups excluding carboxylic acids is 1. The van der Waals surface area contributed by atoms with Gasteiger partial charge in [-0.3, -0.25) is 9.69 Å². The molecule has 2 aromatic rings. The Labute approximate surface area is 144 Å². The summed E-state index contributed by atoms with van der Waals surface area (Å²) in [4.78, 5) is 22.5. The zero-order valence-corrected chi connectivity index (χ0v) is 14.1. The predicted molar refractivity (Wildman–Crippen MR) is 88.6 cm³/mol. The average molecular weight is 348 g/mol. The van der Waals surface area contributed by atoms with Crippen molar-refractivity contribution in [3.8, 4) is 0 Å². The zero-order chi connectivity index (χ0) is 16.9. The zero-order valence-electron chi connectivity index (χ0n) is 13.3. The van der Waals surface area contributed by atoms with Crippen molar-refractivity contribution in [3.63, 3.8) is 0 Å². The molecule has 24 heavy (non-hydrogen) atoms. The van der Waals surface area contributed by atoms with Crippen molar-refractivity contribution in [2.45, 2.75) is 19.9 Å². The highest BCUT2D eigenvalue weighted by Crippen LogP contribution is 2.13. The Morgan fingerprint density at radius 1 is 1.50 bits per heavy atom. The molecule has 1 amide bonds. The van der Waals surface area contributed by atoms with Crippen molar-refractivity contribution in [3.05, 3.63) is 52.4 Å². The number of hydrogen-bond acceptors (Lipinski definition) is 6. The smallest absolute Gasteiger partial charge is 0.251 e. The monoisotopic (exact) mass is 347 g/mol. The third-order valence-corrected chi connectivity index (χ3v) is 3.91. The maximum absolute atomic E-state index is 12.1. The van der Waals surface area contributed by atoms with Crippen molar-refractivity contribution in [2.75, 3.05) is 19.6 Å². The van der Waals surface area contributed by atoms with E-state index >= 15 is 0 Å². The van der Waals surface area contributed by atoms with E-state index in [2.05, 4.69) is 31.4 Å². The molecule has 0 aromatic carbocycles. The van der Waals surface area contributed by atoms with Gasteiger partial charge in [0.15, 0.2) is 5.82 Å². The van der Waals surface area contributed by atoms with Crippen LogP contribution >= 0.6 is 11.6 Å². The lowest BCUT2D eigenvalue weighted by atomic mass is 10.1. The second kappa shape index (κ2) is 7.55. The molecule has 3 heterocycles. The standard InChI is InChI=1S/C16H18ClN5O2/c1-11-20-15(24-21-11)10-22-6-2-3-12(9-22)8-19-16(23)13-4-5-18-14(17)7-13/h3-5,7H,2,6,8-10H2,1H3,(H,19,23). The molecular weight excluding hydrogens is 330 g/mol. The molecule has 0 unspecified atom stereocenters. The van der Waals surface area contributed by atoms with Gasteiger partial charge in [0.2, 0.25) is 5.89 Å². The van der Waals surface area contributed by atoms with E-state index in [4.69, 9.17) is 16.1 Å². The molecule has 1 aliphatic rings. The van der Waals surface area contributed by atoms with Crippen molar-refractivity contribution in [1.29, 1.82) is 0 Å². The molecule has 7 nitrogen and oxygen atoms in total. The minimum absolute atomic E-state index is 0.162. The molecule has 2 aromatic heterocycles. The molecule has 0 radical (unpaired) electrons. The number of amides is 1. The molecule has 0 saturated carbocycles. The molecule has 3 rings (SSSR count). The lowest BCUT2D eigenvalue weighted by Crippen LogP contribution is -2.34. The van der Waals surface area contributed by atoms with Crippen molar-refractivity contribution in [2.24, 2.45) is 0 Å². The van der Waals surface area contributed by atoms with E-state index in [1.54, 1.807) is 19.1 Å². The van der Waals surface area contributed by atoms with E-state index in [1.807, 2.05) is 0 Å². The number of nitrogens with zero attached hydrogens (tertiary/aromatic N) is 4. The van der Waals surface area contributed by atoms with E-state index in [-0.39, 0.29) is 5.91 Å². The summed E-state index contributed by atoms with van der Waals surface area (Å²) < 4.78 is 5.16. The van der Waals surface area contributed by atoms with Crippen molar-refractivity contribution < 1.29 is 9.32 Å². The van der Waals surface area contributed by atoms with E-state index in [9.17, 15) is 4.79 Å². The molecule has 0 atom stereocenters. The lowest BCUT2D eigenvalue weighted by molar-refractivity contribution is 0.0955. The average Bonchev–Trinajstić information content (AvgIpc) is 2.98. The number of pyridine rings is 1. The van der Waals surface area contributed by atoms with Gasteiger partial charge in [0, 0.05) is 31.4 Å². The molecule has 0 aliphatic carbocycles. The Morgan fingerprint density at radius 3 is 3.12 bits per heavy atom. The van der Waals surface area contributed by atoms with E-state index < -0.39 is 0 Å². The second-order valence-corrected chi connectivity index (χ2v) is 6.03. The van der Waals surface area contributed by atoms with E-state index in [0.717, 1.165) is 25.1 Å². The number of halogens is 1. The van der Waals surface area contributed by atoms with Crippen LogP contribution in [0.25, 0.3) is 0 Å². The molecular formula is C16H18ClN5O2. The van der Waals surface area contributed by atoms with Crippen LogP contribution in [-0.2, 0) is 6.54 Å². The van der Waals surface area contributed by atoms with Crippen LogP contribution in [0.2, 0.25) is 5.15 Å². The van der Waals surface area contributed by atoms with Crippen molar-refractivity contribution >= 4 is 17.5 Å². The van der Waals surface area contributed by atoms with Gasteiger partial charge in [0.1, 0.15) is 5.15 Å². The number of nitrogens with one attached hydrogen (secondary N) is 1. The van der Waals surface area contributed by atoms with Gasteiger partial charge < -0.3 is 9.84 Å². The van der Waals surface area contributed by atoms with E-state index in [0.29, 0.717) is 35.5 Å². The Hall–Kier alpha value is -2.25. The number of rotatable bonds is 5. The summed E-state index contributed by atoms with van der Waals surface area (Å²) >= 11 is 5.81. The lowest BCUT2D eigenvalue weighted by Gasteiger charge is -2.26. The van der Waals surface area contributed by atoms with Gasteiger partial charge in [-0.1, -0.05) is 22.8 Å². The maximum Gasteiger partial charge on any atom is 0.251 e. The van der Waals surface area contributed by atoms with Crippen LogP contribution in [0.3, 0.4) is 0 Å². The van der Waals surface area contributed by atoms with Gasteiger partial charge in [-0.05, 0) is 31.1 Å². The SMILES string of the molecule is Cc1noc(CN2CCC=C(CNC(=O)c3ccnc(Cl)c3)C2)n1. The fraction of sp³-hybridized carbons (Fsp3) is 0.375. The molecule has 1 N–H and O–H groups in total. The first-order chi connectivity index (χ1) is 11.6. The highest BCUT2D eigenvalue weighted by Gasteiger charge is 2.16. The molecule has 1 aliphatic heterocycles. The Kier molecular flexibility index (Phi) is 5.22. The summed E-state index contributed by atoms with van der Waals surface area (Å²) in [6.45, 7) is 4.61. The van der Waals surface area contributed by atoms with Gasteiger partial charge in [0.05, 0.1) is 6.54 Å². The Bertz CT molecular complexity index is 758. The number of aryl methyl sites for hydroxylation is 1. The van der Waals surface area contributed by atoms with Crippen LogP contribution in [0.1, 0.15) is 28.5 Å². The topological polar surface area (TPSA) is 84.2 Å². The molecule has 0 bridgehead atoms. The largest absolute Gasteiger partial charge is 0.348 e. The number of aromatic nitrogens is 3. The van der Waals surface area contributed by atoms with Crippen LogP contribution in [0.5, 0.6) is 0 Å². The number of carbonyl (C=O) groups is 1. The minimum atomic E-state index is -0.162. The molecule has 8 heteroatoms. The first kappa shape index (κ1) is 16.6. The van der Waals surface area contributed by atoms with Gasteiger partial charge in [-0.2, -0.15) is 4.98 Å². The maximum atomic E-state index is 12.1. The third-order valence-electron chi connectivity index (χ3n) is 3.70. The van der Waals surface area contributed by atoms with Crippen LogP contribution in [0, 0.1) is 6.92 Å². The van der Waals surface area contributed by atoms with Crippen LogP contribution in [0.15, 0.2) is 34.5 Å². The minimum Gasteiger partial charge on any atom is -0.348 e. The summed E-state index contributed by atoms with van der Waals surface area (Å²) in [6, 6.07) is 3.19. The first-order valence-corrected chi connectivity index (χ1v) is 8.07. The Balaban J connectivity index is 1.52. The van der Waals surface area contributed by atoms with Gasteiger partial charge in [-0.25, -0.2) is 4.98 Å². The van der Waals surface area contributed by atoms with Gasteiger partial charge in [0.25, 0.3) is 5.91 Å². The van der Waals surface area contributed by atoms with Crippen LogP contribution < -0.4 is 5.32 Å². The summed E-state index contributed by atoms with van der Waals surface area (Å²) in [7, 11) is 0. The molecule has 126 valence electrons. The number of hydrogen-bond donors (Lipinski definition) is 1. The highest BCUT2D eigenvalue weighted by atomic mass is 35.5. The second-order valence-electron chi connectivity index (χ2n) is 5.65. The first-order valence-electron chi connectivity index (χ1n) is 7.69. The quantitative estimate of drug-likeness (QED) is 0.657. The van der Waals surface area contributed by atoms with Gasteiger partial charge in [-0.15, -0.1) is 0 Å². The summed E-state index contributed by atoms with van der Waals surface area (Å²) in [6.07, 6.45) is 4.61. The molecule has 0 saturated heterocycles. The summed E-state index contributed by atoms with van der Waals surface area (Å²) in [5.74, 6) is 1.09. The normalized spacial score (nSPS) is 15.2. The Morgan fingerprint density at radius 2 is 2.38 bits per heavy atom. The summed E-state index contributed by atoms with van der Waals surface area (Å²) in [5.41, 5.74) is 1.66. The molecule has 0 spiro atoms. The van der Waals surface area contributed by atoms with Crippen LogP contribution in [-0.4, -0.2) is 45.6 Å². The van der Waals surface area contributed by atoms with E-state index in [1.165, 1.54) is 6.20 Å². The van der Waals surface area contributed by atoms with Gasteiger partial charge >= 0.3 is 0 Å². The van der Waals surface area contributed by atoms with Crippen molar-refractivity contribution in [1.82, 2.24) is 25.3 Å². The fourth-order valence-corrected chi connectivity index (χ4v) is 2.75. The van der Waals surface area contributed by atoms with Crippen LogP contribution in [0.4, 0.5) is 0 Å². The fourth-order valence-electron chi connectivity index (χ4n) is 2.58.